The molecule has 3 N–H and O–H groups in total. The van der Waals surface area contributed by atoms with Gasteiger partial charge in [-0.15, -0.1) is 0 Å². The summed E-state index contributed by atoms with van der Waals surface area (Å²) in [7, 11) is -3.88. The number of hydrogen-bond acceptors (Lipinski definition) is 6. The van der Waals surface area contributed by atoms with Gasteiger partial charge in [-0.3, -0.25) is 10.1 Å². The summed E-state index contributed by atoms with van der Waals surface area (Å²) in [6, 6.07) is 10.8. The van der Waals surface area contributed by atoms with Crippen molar-refractivity contribution >= 4 is 27.1 Å². The molecule has 0 saturated heterocycles. The molecular formula is C18H23N3O5S. The number of aliphatic hydroxyl groups is 1. The first-order valence-electron chi connectivity index (χ1n) is 8.31. The lowest BCUT2D eigenvalue weighted by Crippen LogP contribution is -2.40. The maximum Gasteiger partial charge on any atom is 0.294 e. The third-order valence-corrected chi connectivity index (χ3v) is 5.31. The predicted molar refractivity (Wildman–Crippen MR) is 104 cm³/mol. The summed E-state index contributed by atoms with van der Waals surface area (Å²) in [5, 5.41) is 23.3. The minimum atomic E-state index is -3.88. The number of aliphatic hydroxyl groups excluding tert-OH is 1. The molecule has 0 spiro atoms. The molecule has 0 bridgehead atoms. The van der Waals surface area contributed by atoms with Gasteiger partial charge in [-0.1, -0.05) is 12.1 Å². The van der Waals surface area contributed by atoms with Crippen molar-refractivity contribution in [1.29, 1.82) is 0 Å². The normalized spacial score (nSPS) is 12.0. The van der Waals surface area contributed by atoms with Crippen LogP contribution < -0.4 is 10.0 Å². The van der Waals surface area contributed by atoms with Crippen molar-refractivity contribution in [3.63, 3.8) is 0 Å². The Morgan fingerprint density at radius 2 is 1.74 bits per heavy atom. The van der Waals surface area contributed by atoms with Gasteiger partial charge < -0.3 is 10.4 Å². The molecule has 8 nitrogen and oxygen atoms in total. The number of benzene rings is 2. The summed E-state index contributed by atoms with van der Waals surface area (Å²) in [6.45, 7) is 5.11. The molecular weight excluding hydrogens is 370 g/mol. The largest absolute Gasteiger partial charge is 0.396 e. The highest BCUT2D eigenvalue weighted by atomic mass is 32.2. The smallest absolute Gasteiger partial charge is 0.294 e. The maximum atomic E-state index is 12.4. The van der Waals surface area contributed by atoms with Crippen molar-refractivity contribution < 1.29 is 18.4 Å². The summed E-state index contributed by atoms with van der Waals surface area (Å²) < 4.78 is 27.3. The molecule has 9 heteroatoms. The number of nitro groups is 1. The van der Waals surface area contributed by atoms with Crippen LogP contribution in [0, 0.1) is 10.1 Å². The molecule has 0 aliphatic rings. The van der Waals surface area contributed by atoms with E-state index in [0.29, 0.717) is 12.1 Å². The summed E-state index contributed by atoms with van der Waals surface area (Å²) in [4.78, 5) is 10.6. The Morgan fingerprint density at radius 3 is 2.26 bits per heavy atom. The van der Waals surface area contributed by atoms with Crippen molar-refractivity contribution in [2.24, 2.45) is 0 Å². The Morgan fingerprint density at radius 1 is 1.11 bits per heavy atom. The van der Waals surface area contributed by atoms with E-state index in [4.69, 9.17) is 5.11 Å². The third kappa shape index (κ3) is 5.75. The van der Waals surface area contributed by atoms with E-state index >= 15 is 0 Å². The molecule has 0 aliphatic carbocycles. The average Bonchev–Trinajstić information content (AvgIpc) is 2.54. The first-order valence-corrected chi connectivity index (χ1v) is 9.79. The van der Waals surface area contributed by atoms with Crippen LogP contribution in [0.5, 0.6) is 0 Å². The molecule has 0 amide bonds. The molecule has 0 unspecified atom stereocenters. The van der Waals surface area contributed by atoms with Crippen LogP contribution in [-0.2, 0) is 16.4 Å². The van der Waals surface area contributed by atoms with Gasteiger partial charge in [0, 0.05) is 23.9 Å². The molecule has 2 rings (SSSR count). The van der Waals surface area contributed by atoms with Crippen molar-refractivity contribution in [3.8, 4) is 0 Å². The zero-order chi connectivity index (χ0) is 20.2. The van der Waals surface area contributed by atoms with Gasteiger partial charge in [-0.05, 0) is 57.0 Å². The second-order valence-corrected chi connectivity index (χ2v) is 8.77. The molecule has 0 aromatic heterocycles. The van der Waals surface area contributed by atoms with E-state index in [9.17, 15) is 18.5 Å². The third-order valence-electron chi connectivity index (χ3n) is 3.55. The number of anilines is 2. The Balaban J connectivity index is 2.34. The van der Waals surface area contributed by atoms with Gasteiger partial charge in [0.25, 0.3) is 5.69 Å². The van der Waals surface area contributed by atoms with Crippen molar-refractivity contribution in [1.82, 2.24) is 4.72 Å². The molecule has 2 aromatic rings. The number of sulfonamides is 1. The number of nitrogens with zero attached hydrogens (tertiary/aromatic N) is 1. The molecule has 0 aliphatic heterocycles. The summed E-state index contributed by atoms with van der Waals surface area (Å²) >= 11 is 0. The van der Waals surface area contributed by atoms with Gasteiger partial charge in [0.05, 0.1) is 9.82 Å². The number of rotatable bonds is 7. The van der Waals surface area contributed by atoms with Gasteiger partial charge in [0.1, 0.15) is 5.69 Å². The SMILES string of the molecule is CC(C)(C)NS(=O)(=O)c1ccc(Nc2ccc(CCO)cc2)c([N+](=O)[O-])c1. The van der Waals surface area contributed by atoms with Crippen LogP contribution in [0.1, 0.15) is 26.3 Å². The first kappa shape index (κ1) is 20.8. The highest BCUT2D eigenvalue weighted by molar-refractivity contribution is 7.89. The maximum absolute atomic E-state index is 12.4. The van der Waals surface area contributed by atoms with E-state index in [2.05, 4.69) is 10.0 Å². The van der Waals surface area contributed by atoms with Crippen LogP contribution in [-0.4, -0.2) is 30.6 Å². The summed E-state index contributed by atoms with van der Waals surface area (Å²) in [6.07, 6.45) is 0.522. The monoisotopic (exact) mass is 393 g/mol. The van der Waals surface area contributed by atoms with Crippen LogP contribution in [0.25, 0.3) is 0 Å². The van der Waals surface area contributed by atoms with Crippen LogP contribution in [0.3, 0.4) is 0 Å². The minimum Gasteiger partial charge on any atom is -0.396 e. The van der Waals surface area contributed by atoms with Crippen LogP contribution in [0.15, 0.2) is 47.4 Å². The molecule has 2 aromatic carbocycles. The number of hydrogen-bond donors (Lipinski definition) is 3. The zero-order valence-corrected chi connectivity index (χ0v) is 16.2. The highest BCUT2D eigenvalue weighted by Crippen LogP contribution is 2.30. The molecule has 27 heavy (non-hydrogen) atoms. The van der Waals surface area contributed by atoms with Crippen LogP contribution >= 0.6 is 0 Å². The Bertz CT molecular complexity index is 919. The van der Waals surface area contributed by atoms with Gasteiger partial charge in [0.2, 0.25) is 10.0 Å². The van der Waals surface area contributed by atoms with Gasteiger partial charge in [-0.2, -0.15) is 0 Å². The van der Waals surface area contributed by atoms with E-state index < -0.39 is 20.5 Å². The molecule has 146 valence electrons. The van der Waals surface area contributed by atoms with Gasteiger partial charge in [-0.25, -0.2) is 13.1 Å². The Hall–Kier alpha value is -2.49. The first-order chi connectivity index (χ1) is 12.5. The van der Waals surface area contributed by atoms with E-state index in [1.54, 1.807) is 45.0 Å². The van der Waals surface area contributed by atoms with E-state index in [0.717, 1.165) is 11.6 Å². The van der Waals surface area contributed by atoms with E-state index in [-0.39, 0.29) is 22.9 Å². The van der Waals surface area contributed by atoms with Crippen molar-refractivity contribution in [3.05, 3.63) is 58.1 Å². The lowest BCUT2D eigenvalue weighted by molar-refractivity contribution is -0.384. The second kappa shape index (κ2) is 8.03. The topological polar surface area (TPSA) is 122 Å². The van der Waals surface area contributed by atoms with Crippen molar-refractivity contribution in [2.75, 3.05) is 11.9 Å². The van der Waals surface area contributed by atoms with Gasteiger partial charge in [0.15, 0.2) is 0 Å². The van der Waals surface area contributed by atoms with Gasteiger partial charge >= 0.3 is 0 Å². The van der Waals surface area contributed by atoms with E-state index in [1.165, 1.54) is 12.1 Å². The van der Waals surface area contributed by atoms with Crippen molar-refractivity contribution in [2.45, 2.75) is 37.6 Å². The Labute approximate surface area is 158 Å². The van der Waals surface area contributed by atoms with E-state index in [1.807, 2.05) is 0 Å². The molecule has 0 fully saturated rings. The fourth-order valence-electron chi connectivity index (χ4n) is 2.44. The lowest BCUT2D eigenvalue weighted by atomic mass is 10.1. The molecule has 0 atom stereocenters. The lowest BCUT2D eigenvalue weighted by Gasteiger charge is -2.20. The molecule has 0 saturated carbocycles. The number of nitro benzene ring substituents is 1. The minimum absolute atomic E-state index is 0.0385. The standard InChI is InChI=1S/C18H23N3O5S/c1-18(2,3)20-27(25,26)15-8-9-16(17(12-15)21(23)24)19-14-6-4-13(5-7-14)10-11-22/h4-9,12,19-20,22H,10-11H2,1-3H3. The highest BCUT2D eigenvalue weighted by Gasteiger charge is 2.25. The Kier molecular flexibility index (Phi) is 6.19. The second-order valence-electron chi connectivity index (χ2n) is 7.09. The molecule has 0 heterocycles. The van der Waals surface area contributed by atoms with Crippen LogP contribution in [0.4, 0.5) is 17.1 Å². The average molecular weight is 393 g/mol. The predicted octanol–water partition coefficient (Wildman–Crippen LogP) is 2.95. The molecule has 0 radical (unpaired) electrons. The number of nitrogens with one attached hydrogen (secondary N) is 2. The quantitative estimate of drug-likeness (QED) is 0.491. The summed E-state index contributed by atoms with van der Waals surface area (Å²) in [5.74, 6) is 0. The van der Waals surface area contributed by atoms with Crippen LogP contribution in [0.2, 0.25) is 0 Å². The fourth-order valence-corrected chi connectivity index (χ4v) is 3.87. The fraction of sp³-hybridized carbons (Fsp3) is 0.333. The zero-order valence-electron chi connectivity index (χ0n) is 15.4. The summed E-state index contributed by atoms with van der Waals surface area (Å²) in [5.41, 5.74) is 0.687.